The average Bonchev–Trinajstić information content (AvgIpc) is 2.01. The van der Waals surface area contributed by atoms with Crippen molar-refractivity contribution in [3.63, 3.8) is 0 Å². The van der Waals surface area contributed by atoms with Crippen LogP contribution < -0.4 is 5.73 Å². The Morgan fingerprint density at radius 1 is 1.50 bits per heavy atom. The van der Waals surface area contributed by atoms with Crippen LogP contribution in [0.2, 0.25) is 5.02 Å². The minimum atomic E-state index is -0.00880. The molecule has 1 aromatic heterocycles. The minimum absolute atomic E-state index is 0.00880. The van der Waals surface area contributed by atoms with Gasteiger partial charge in [0.15, 0.2) is 0 Å². The molecule has 0 aliphatic heterocycles. The number of nitrogens with two attached hydrogens (primary N) is 1. The molecule has 2 nitrogen and oxygen atoms in total. The predicted octanol–water partition coefficient (Wildman–Crippen LogP) is 3.17. The van der Waals surface area contributed by atoms with Crippen LogP contribution in [0.5, 0.6) is 0 Å². The first-order valence-corrected chi connectivity index (χ1v) is 5.13. The lowest BCUT2D eigenvalue weighted by Gasteiger charge is -2.23. The largest absolute Gasteiger partial charge is 0.324 e. The molecule has 0 amide bonds. The Kier molecular flexibility index (Phi) is 3.51. The maximum atomic E-state index is 6.07. The van der Waals surface area contributed by atoms with Crippen LogP contribution in [0.4, 0.5) is 0 Å². The van der Waals surface area contributed by atoms with Gasteiger partial charge in [-0.3, -0.25) is 4.98 Å². The third-order valence-corrected chi connectivity index (χ3v) is 2.35. The monoisotopic (exact) mass is 212 g/mol. The Morgan fingerprint density at radius 2 is 2.14 bits per heavy atom. The third kappa shape index (κ3) is 3.28. The predicted molar refractivity (Wildman–Crippen MR) is 60.2 cm³/mol. The molecular weight excluding hydrogens is 196 g/mol. The molecule has 0 spiro atoms. The van der Waals surface area contributed by atoms with E-state index in [0.29, 0.717) is 5.02 Å². The molecule has 14 heavy (non-hydrogen) atoms. The van der Waals surface area contributed by atoms with Crippen molar-refractivity contribution in [2.45, 2.75) is 33.2 Å². The van der Waals surface area contributed by atoms with Crippen molar-refractivity contribution < 1.29 is 0 Å². The van der Waals surface area contributed by atoms with E-state index in [4.69, 9.17) is 17.3 Å². The van der Waals surface area contributed by atoms with Crippen molar-refractivity contribution in [1.82, 2.24) is 4.98 Å². The molecule has 0 aliphatic rings. The van der Waals surface area contributed by atoms with E-state index in [2.05, 4.69) is 25.8 Å². The van der Waals surface area contributed by atoms with Gasteiger partial charge in [-0.2, -0.15) is 0 Å². The van der Waals surface area contributed by atoms with E-state index < -0.39 is 0 Å². The van der Waals surface area contributed by atoms with Crippen LogP contribution in [0, 0.1) is 5.41 Å². The molecule has 3 heteroatoms. The van der Waals surface area contributed by atoms with Crippen LogP contribution in [0.3, 0.4) is 0 Å². The molecule has 0 aliphatic carbocycles. The summed E-state index contributed by atoms with van der Waals surface area (Å²) in [6, 6.07) is 1.88. The van der Waals surface area contributed by atoms with Gasteiger partial charge in [-0.1, -0.05) is 32.4 Å². The lowest BCUT2D eigenvalue weighted by atomic mass is 9.86. The highest BCUT2D eigenvalue weighted by atomic mass is 35.5. The van der Waals surface area contributed by atoms with Gasteiger partial charge in [-0.15, -0.1) is 0 Å². The number of halogens is 1. The van der Waals surface area contributed by atoms with Gasteiger partial charge in [-0.25, -0.2) is 0 Å². The summed E-state index contributed by atoms with van der Waals surface area (Å²) in [4.78, 5) is 3.94. The van der Waals surface area contributed by atoms with E-state index in [1.54, 1.807) is 12.4 Å². The van der Waals surface area contributed by atoms with Gasteiger partial charge in [0, 0.05) is 18.4 Å². The Hall–Kier alpha value is -0.600. The van der Waals surface area contributed by atoms with E-state index in [-0.39, 0.29) is 11.5 Å². The molecule has 0 saturated carbocycles. The van der Waals surface area contributed by atoms with Crippen molar-refractivity contribution in [1.29, 1.82) is 0 Å². The minimum Gasteiger partial charge on any atom is -0.324 e. The molecule has 2 N–H and O–H groups in total. The second kappa shape index (κ2) is 4.28. The first kappa shape index (κ1) is 11.5. The van der Waals surface area contributed by atoms with Gasteiger partial charge in [-0.05, 0) is 23.5 Å². The van der Waals surface area contributed by atoms with Crippen molar-refractivity contribution in [3.05, 3.63) is 29.0 Å². The average molecular weight is 213 g/mol. The Bertz CT molecular complexity index is 304. The fourth-order valence-electron chi connectivity index (χ4n) is 1.46. The zero-order valence-electron chi connectivity index (χ0n) is 8.92. The molecule has 1 atom stereocenters. The van der Waals surface area contributed by atoms with Crippen molar-refractivity contribution >= 4 is 11.6 Å². The van der Waals surface area contributed by atoms with Crippen LogP contribution in [0.1, 0.15) is 38.8 Å². The fraction of sp³-hybridized carbons (Fsp3) is 0.545. The summed E-state index contributed by atoms with van der Waals surface area (Å²) in [5.74, 6) is 0. The fourth-order valence-corrected chi connectivity index (χ4v) is 1.72. The summed E-state index contributed by atoms with van der Waals surface area (Å²) in [6.45, 7) is 6.51. The van der Waals surface area contributed by atoms with E-state index >= 15 is 0 Å². The van der Waals surface area contributed by atoms with Crippen LogP contribution >= 0.6 is 11.6 Å². The Labute approximate surface area is 90.5 Å². The van der Waals surface area contributed by atoms with Crippen LogP contribution in [-0.4, -0.2) is 4.98 Å². The van der Waals surface area contributed by atoms with Crippen molar-refractivity contribution in [2.75, 3.05) is 0 Å². The van der Waals surface area contributed by atoms with Gasteiger partial charge in [0.2, 0.25) is 0 Å². The van der Waals surface area contributed by atoms with Gasteiger partial charge in [0.25, 0.3) is 0 Å². The Balaban J connectivity index is 2.80. The standard InChI is InChI=1S/C11H17ClN2/c1-11(2,3)6-10(13)8-4-5-14-7-9(8)12/h4-5,7,10H,6,13H2,1-3H3/t10-/m1/s1. The number of rotatable bonds is 2. The van der Waals surface area contributed by atoms with Gasteiger partial charge >= 0.3 is 0 Å². The van der Waals surface area contributed by atoms with Crippen LogP contribution in [0.15, 0.2) is 18.5 Å². The highest BCUT2D eigenvalue weighted by Crippen LogP contribution is 2.30. The second-order valence-electron chi connectivity index (χ2n) is 4.77. The highest BCUT2D eigenvalue weighted by molar-refractivity contribution is 6.31. The lowest BCUT2D eigenvalue weighted by Crippen LogP contribution is -2.19. The van der Waals surface area contributed by atoms with Gasteiger partial charge < -0.3 is 5.73 Å². The van der Waals surface area contributed by atoms with E-state index in [1.165, 1.54) is 0 Å². The molecule has 0 fully saturated rings. The molecule has 0 unspecified atom stereocenters. The lowest BCUT2D eigenvalue weighted by molar-refractivity contribution is 0.343. The highest BCUT2D eigenvalue weighted by Gasteiger charge is 2.18. The molecule has 0 radical (unpaired) electrons. The van der Waals surface area contributed by atoms with Gasteiger partial charge in [0.1, 0.15) is 0 Å². The summed E-state index contributed by atoms with van der Waals surface area (Å²) >= 11 is 6.01. The molecule has 1 aromatic rings. The molecule has 0 saturated heterocycles. The molecule has 0 bridgehead atoms. The smallest absolute Gasteiger partial charge is 0.0637 e. The van der Waals surface area contributed by atoms with E-state index in [0.717, 1.165) is 12.0 Å². The topological polar surface area (TPSA) is 38.9 Å². The first-order chi connectivity index (χ1) is 6.40. The maximum Gasteiger partial charge on any atom is 0.0637 e. The van der Waals surface area contributed by atoms with Crippen LogP contribution in [-0.2, 0) is 0 Å². The van der Waals surface area contributed by atoms with Gasteiger partial charge in [0.05, 0.1) is 5.02 Å². The maximum absolute atomic E-state index is 6.07. The van der Waals surface area contributed by atoms with Crippen LogP contribution in [0.25, 0.3) is 0 Å². The first-order valence-electron chi connectivity index (χ1n) is 4.75. The summed E-state index contributed by atoms with van der Waals surface area (Å²) in [6.07, 6.45) is 4.28. The molecular formula is C11H17ClN2. The second-order valence-corrected chi connectivity index (χ2v) is 5.18. The summed E-state index contributed by atoms with van der Waals surface area (Å²) in [5, 5.41) is 0.657. The normalized spacial score (nSPS) is 14.1. The SMILES string of the molecule is CC(C)(C)C[C@@H](N)c1ccncc1Cl. The molecule has 78 valence electrons. The molecule has 1 heterocycles. The number of aromatic nitrogens is 1. The van der Waals surface area contributed by atoms with E-state index in [9.17, 15) is 0 Å². The number of nitrogens with zero attached hydrogens (tertiary/aromatic N) is 1. The molecule has 1 rings (SSSR count). The zero-order valence-corrected chi connectivity index (χ0v) is 9.67. The number of hydrogen-bond donors (Lipinski definition) is 1. The summed E-state index contributed by atoms with van der Waals surface area (Å²) in [7, 11) is 0. The Morgan fingerprint density at radius 3 is 2.64 bits per heavy atom. The van der Waals surface area contributed by atoms with Crippen molar-refractivity contribution in [2.24, 2.45) is 11.1 Å². The summed E-state index contributed by atoms with van der Waals surface area (Å²) < 4.78 is 0. The molecule has 0 aromatic carbocycles. The quantitative estimate of drug-likeness (QED) is 0.818. The van der Waals surface area contributed by atoms with Crippen molar-refractivity contribution in [3.8, 4) is 0 Å². The summed E-state index contributed by atoms with van der Waals surface area (Å²) in [5.41, 5.74) is 7.27. The number of pyridine rings is 1. The zero-order chi connectivity index (χ0) is 10.8. The van der Waals surface area contributed by atoms with E-state index in [1.807, 2.05) is 6.07 Å². The third-order valence-electron chi connectivity index (χ3n) is 2.04. The number of hydrogen-bond acceptors (Lipinski definition) is 2.